The highest BCUT2D eigenvalue weighted by molar-refractivity contribution is 6.22. The molecule has 6 nitrogen and oxygen atoms in total. The molecular formula is C63H42N4O2. The predicted octanol–water partition coefficient (Wildman–Crippen LogP) is 15.9. The first kappa shape index (κ1) is 40.1. The standard InChI is InChI=1S/C63H42N4O2/c64-62(66-63(46-23-14-22-44(35-46)42-19-5-2-6-20-42)65-39-40-16-13-21-43(34-40)41-17-3-1-4-18-41)51-27-15-31-58-61(51)53-36-45(32-33-57(53)68-58)52-37-47(38-59-60(52)50-26-9-12-30-56(50)69-59)67-54-28-10-7-24-48(54)49-25-8-11-29-55(49)67/h1-38H,39H2,(H2,64,65,66). The molecule has 0 aliphatic rings. The first-order chi connectivity index (χ1) is 34.1. The molecule has 326 valence electrons. The lowest BCUT2D eigenvalue weighted by Crippen LogP contribution is -2.17. The van der Waals surface area contributed by atoms with Crippen LogP contribution in [-0.2, 0) is 6.54 Å². The Labute approximate surface area is 397 Å². The Morgan fingerprint density at radius 2 is 1.01 bits per heavy atom. The molecular weight excluding hydrogens is 845 g/mol. The lowest BCUT2D eigenvalue weighted by Gasteiger charge is -2.12. The second-order valence-corrected chi connectivity index (χ2v) is 17.5. The van der Waals surface area contributed by atoms with Gasteiger partial charge in [-0.05, 0) is 93.5 Å². The van der Waals surface area contributed by atoms with Crippen LogP contribution in [0.4, 0.5) is 0 Å². The molecule has 0 saturated heterocycles. The van der Waals surface area contributed by atoms with Crippen molar-refractivity contribution in [1.82, 2.24) is 4.57 Å². The summed E-state index contributed by atoms with van der Waals surface area (Å²) in [6.45, 7) is 0.412. The average molecular weight is 887 g/mol. The maximum absolute atomic E-state index is 7.22. The Morgan fingerprint density at radius 1 is 0.420 bits per heavy atom. The van der Waals surface area contributed by atoms with Gasteiger partial charge >= 0.3 is 0 Å². The van der Waals surface area contributed by atoms with E-state index in [0.717, 1.165) is 111 Å². The quantitative estimate of drug-likeness (QED) is 0.122. The van der Waals surface area contributed by atoms with Gasteiger partial charge in [-0.2, -0.15) is 0 Å². The first-order valence-electron chi connectivity index (χ1n) is 23.2. The van der Waals surface area contributed by atoms with Gasteiger partial charge in [0.2, 0.25) is 0 Å². The monoisotopic (exact) mass is 886 g/mol. The average Bonchev–Trinajstić information content (AvgIpc) is 4.09. The molecule has 0 fully saturated rings. The Morgan fingerprint density at radius 3 is 1.77 bits per heavy atom. The van der Waals surface area contributed by atoms with Crippen molar-refractivity contribution in [2.75, 3.05) is 0 Å². The number of aromatic nitrogens is 1. The van der Waals surface area contributed by atoms with Gasteiger partial charge in [-0.3, -0.25) is 4.99 Å². The molecule has 6 heteroatoms. The summed E-state index contributed by atoms with van der Waals surface area (Å²) in [5.74, 6) is 0.879. The van der Waals surface area contributed by atoms with Gasteiger partial charge in [-0.15, -0.1) is 0 Å². The van der Waals surface area contributed by atoms with Crippen LogP contribution in [0.1, 0.15) is 16.7 Å². The van der Waals surface area contributed by atoms with E-state index in [1.165, 1.54) is 10.8 Å². The number of aliphatic imine (C=N–C) groups is 2. The molecule has 2 N–H and O–H groups in total. The van der Waals surface area contributed by atoms with Crippen LogP contribution >= 0.6 is 0 Å². The number of hydrogen-bond acceptors (Lipinski definition) is 3. The second-order valence-electron chi connectivity index (χ2n) is 17.5. The number of para-hydroxylation sites is 3. The minimum atomic E-state index is 0.340. The van der Waals surface area contributed by atoms with Crippen LogP contribution in [0.15, 0.2) is 249 Å². The number of nitrogens with zero attached hydrogens (tertiary/aromatic N) is 3. The van der Waals surface area contributed by atoms with Gasteiger partial charge in [0.1, 0.15) is 28.2 Å². The molecule has 0 saturated carbocycles. The summed E-state index contributed by atoms with van der Waals surface area (Å²) in [5.41, 5.74) is 22.9. The van der Waals surface area contributed by atoms with Crippen LogP contribution in [0, 0.1) is 0 Å². The zero-order chi connectivity index (χ0) is 45.8. The number of benzene rings is 10. The fraction of sp³-hybridized carbons (Fsp3) is 0.0159. The maximum Gasteiger partial charge on any atom is 0.157 e. The highest BCUT2D eigenvalue weighted by Gasteiger charge is 2.21. The van der Waals surface area contributed by atoms with Gasteiger partial charge in [0, 0.05) is 49.5 Å². The van der Waals surface area contributed by atoms with Crippen molar-refractivity contribution in [3.63, 3.8) is 0 Å². The Kier molecular flexibility index (Phi) is 9.61. The summed E-state index contributed by atoms with van der Waals surface area (Å²) in [6, 6.07) is 80.0. The van der Waals surface area contributed by atoms with Crippen LogP contribution in [0.2, 0.25) is 0 Å². The van der Waals surface area contributed by atoms with Gasteiger partial charge in [0.15, 0.2) is 5.84 Å². The number of furan rings is 2. The summed E-state index contributed by atoms with van der Waals surface area (Å²) in [4.78, 5) is 10.4. The Hall–Kier alpha value is -9.26. The molecule has 0 aliphatic carbocycles. The number of hydrogen-bond donors (Lipinski definition) is 1. The molecule has 0 aliphatic heterocycles. The number of fused-ring (bicyclic) bond motifs is 9. The molecule has 3 heterocycles. The van der Waals surface area contributed by atoms with E-state index in [1.807, 2.05) is 42.5 Å². The molecule has 0 bridgehead atoms. The summed E-state index contributed by atoms with van der Waals surface area (Å²) in [7, 11) is 0. The smallest absolute Gasteiger partial charge is 0.157 e. The van der Waals surface area contributed by atoms with E-state index < -0.39 is 0 Å². The third-order valence-corrected chi connectivity index (χ3v) is 13.3. The van der Waals surface area contributed by atoms with Crippen LogP contribution < -0.4 is 5.73 Å². The molecule has 0 amide bonds. The van der Waals surface area contributed by atoms with Crippen molar-refractivity contribution in [2.45, 2.75) is 6.54 Å². The fourth-order valence-electron chi connectivity index (χ4n) is 10.1. The third kappa shape index (κ3) is 7.05. The number of rotatable bonds is 8. The van der Waals surface area contributed by atoms with E-state index in [1.54, 1.807) is 0 Å². The minimum absolute atomic E-state index is 0.340. The largest absolute Gasteiger partial charge is 0.456 e. The molecule has 0 spiro atoms. The molecule has 69 heavy (non-hydrogen) atoms. The van der Waals surface area contributed by atoms with Gasteiger partial charge in [-0.1, -0.05) is 170 Å². The zero-order valence-electron chi connectivity index (χ0n) is 37.4. The lowest BCUT2D eigenvalue weighted by molar-refractivity contribution is 0.668. The van der Waals surface area contributed by atoms with Crippen LogP contribution in [-0.4, -0.2) is 16.2 Å². The van der Waals surface area contributed by atoms with E-state index in [0.29, 0.717) is 18.2 Å². The van der Waals surface area contributed by atoms with E-state index in [4.69, 9.17) is 24.6 Å². The van der Waals surface area contributed by atoms with Crippen LogP contribution in [0.3, 0.4) is 0 Å². The molecule has 13 aromatic rings. The highest BCUT2D eigenvalue weighted by atomic mass is 16.3. The van der Waals surface area contributed by atoms with Gasteiger partial charge < -0.3 is 19.1 Å². The van der Waals surface area contributed by atoms with Gasteiger partial charge in [-0.25, -0.2) is 4.99 Å². The summed E-state index contributed by atoms with van der Waals surface area (Å²) in [5, 5.41) is 6.33. The maximum atomic E-state index is 7.22. The van der Waals surface area contributed by atoms with Gasteiger partial charge in [0.05, 0.1) is 23.3 Å². The van der Waals surface area contributed by atoms with Crippen molar-refractivity contribution in [1.29, 1.82) is 0 Å². The van der Waals surface area contributed by atoms with E-state index in [-0.39, 0.29) is 0 Å². The molecule has 0 atom stereocenters. The van der Waals surface area contributed by atoms with Crippen molar-refractivity contribution < 1.29 is 8.83 Å². The molecule has 0 unspecified atom stereocenters. The summed E-state index contributed by atoms with van der Waals surface area (Å²) in [6.07, 6.45) is 0. The predicted molar refractivity (Wildman–Crippen MR) is 285 cm³/mol. The SMILES string of the molecule is NC(=NC(=NCc1cccc(-c2ccccc2)c1)c1cccc(-c2ccccc2)c1)c1cccc2oc3ccc(-c4cc(-n5c6ccccc6c6ccccc65)cc5oc6ccccc6c45)cc3c12. The zero-order valence-corrected chi connectivity index (χ0v) is 37.4. The van der Waals surface area contributed by atoms with E-state index >= 15 is 0 Å². The van der Waals surface area contributed by atoms with Crippen LogP contribution in [0.25, 0.3) is 105 Å². The van der Waals surface area contributed by atoms with Crippen molar-refractivity contribution >= 4 is 77.4 Å². The topological polar surface area (TPSA) is 82.0 Å². The lowest BCUT2D eigenvalue weighted by atomic mass is 9.96. The number of amidine groups is 2. The molecule has 13 rings (SSSR count). The molecule has 10 aromatic carbocycles. The highest BCUT2D eigenvalue weighted by Crippen LogP contribution is 2.43. The minimum Gasteiger partial charge on any atom is -0.456 e. The van der Waals surface area contributed by atoms with Gasteiger partial charge in [0.25, 0.3) is 0 Å². The second kappa shape index (κ2) is 16.6. The first-order valence-corrected chi connectivity index (χ1v) is 23.2. The van der Waals surface area contributed by atoms with E-state index in [2.05, 4.69) is 193 Å². The third-order valence-electron chi connectivity index (χ3n) is 13.3. The van der Waals surface area contributed by atoms with Crippen molar-refractivity contribution in [2.24, 2.45) is 15.7 Å². The van der Waals surface area contributed by atoms with Crippen molar-refractivity contribution in [3.8, 4) is 39.1 Å². The fourth-order valence-corrected chi connectivity index (χ4v) is 10.1. The molecule has 3 aromatic heterocycles. The van der Waals surface area contributed by atoms with E-state index in [9.17, 15) is 0 Å². The number of nitrogens with two attached hydrogens (primary N) is 1. The van der Waals surface area contributed by atoms with Crippen molar-refractivity contribution in [3.05, 3.63) is 247 Å². The summed E-state index contributed by atoms with van der Waals surface area (Å²) >= 11 is 0. The summed E-state index contributed by atoms with van der Waals surface area (Å²) < 4.78 is 15.6. The normalized spacial score (nSPS) is 12.3. The molecule has 0 radical (unpaired) electrons. The Balaban J connectivity index is 0.970. The Bertz CT molecular complexity index is 4120. The van der Waals surface area contributed by atoms with Crippen LogP contribution in [0.5, 0.6) is 0 Å².